The van der Waals surface area contributed by atoms with E-state index in [1.54, 1.807) is 30.4 Å². The number of halogens is 1. The first kappa shape index (κ1) is 21.8. The smallest absolute Gasteiger partial charge is 0.317 e. The first-order valence-electron chi connectivity index (χ1n) is 11.1. The molecule has 1 aliphatic rings. The van der Waals surface area contributed by atoms with Crippen LogP contribution in [-0.4, -0.2) is 46.8 Å². The fourth-order valence-corrected chi connectivity index (χ4v) is 4.08. The van der Waals surface area contributed by atoms with Crippen molar-refractivity contribution in [3.63, 3.8) is 0 Å². The SMILES string of the molecule is CN(CC1COc2ccccc2O1)C(=O)NC(Cn1cnc2ccccc21)c1ccc(F)cc1. The number of nitrogens with one attached hydrogen (secondary N) is 1. The van der Waals surface area contributed by atoms with E-state index in [4.69, 9.17) is 9.47 Å². The van der Waals surface area contributed by atoms with Gasteiger partial charge in [0.25, 0.3) is 0 Å². The lowest BCUT2D eigenvalue weighted by Crippen LogP contribution is -2.46. The van der Waals surface area contributed by atoms with Crippen LogP contribution in [0.5, 0.6) is 11.5 Å². The van der Waals surface area contributed by atoms with Gasteiger partial charge in [-0.05, 0) is 42.0 Å². The second kappa shape index (κ2) is 9.43. The van der Waals surface area contributed by atoms with E-state index in [1.165, 1.54) is 12.1 Å². The number of para-hydroxylation sites is 4. The average molecular weight is 461 g/mol. The molecule has 2 atom stereocenters. The van der Waals surface area contributed by atoms with E-state index >= 15 is 0 Å². The molecule has 0 saturated heterocycles. The summed E-state index contributed by atoms with van der Waals surface area (Å²) in [6, 6.07) is 20.8. The molecule has 0 radical (unpaired) electrons. The predicted molar refractivity (Wildman–Crippen MR) is 126 cm³/mol. The van der Waals surface area contributed by atoms with Crippen molar-refractivity contribution >= 4 is 17.1 Å². The topological polar surface area (TPSA) is 68.6 Å². The molecule has 0 fully saturated rings. The molecule has 0 bridgehead atoms. The molecule has 2 amide bonds. The molecular formula is C26H25FN4O3. The third kappa shape index (κ3) is 4.66. The Morgan fingerprint density at radius 1 is 1.12 bits per heavy atom. The van der Waals surface area contributed by atoms with Gasteiger partial charge in [-0.1, -0.05) is 36.4 Å². The maximum atomic E-state index is 13.6. The fourth-order valence-electron chi connectivity index (χ4n) is 4.08. The Labute approximate surface area is 196 Å². The predicted octanol–water partition coefficient (Wildman–Crippen LogP) is 4.40. The van der Waals surface area contributed by atoms with Crippen molar-refractivity contribution < 1.29 is 18.7 Å². The molecular weight excluding hydrogens is 435 g/mol. The van der Waals surface area contributed by atoms with Crippen LogP contribution < -0.4 is 14.8 Å². The van der Waals surface area contributed by atoms with Crippen LogP contribution in [0.3, 0.4) is 0 Å². The molecule has 4 aromatic rings. The summed E-state index contributed by atoms with van der Waals surface area (Å²) in [5.41, 5.74) is 2.63. The van der Waals surface area contributed by atoms with Crippen LogP contribution in [0.1, 0.15) is 11.6 Å². The quantitative estimate of drug-likeness (QED) is 0.463. The Morgan fingerprint density at radius 3 is 2.68 bits per heavy atom. The molecule has 2 heterocycles. The van der Waals surface area contributed by atoms with Gasteiger partial charge in [-0.25, -0.2) is 14.2 Å². The number of amides is 2. The van der Waals surface area contributed by atoms with Crippen molar-refractivity contribution in [3.8, 4) is 11.5 Å². The minimum atomic E-state index is -0.391. The highest BCUT2D eigenvalue weighted by Gasteiger charge is 2.25. The molecule has 8 heteroatoms. The van der Waals surface area contributed by atoms with Crippen LogP contribution in [0.15, 0.2) is 79.1 Å². The molecule has 0 spiro atoms. The van der Waals surface area contributed by atoms with Gasteiger partial charge in [0.2, 0.25) is 0 Å². The van der Waals surface area contributed by atoms with E-state index in [0.717, 1.165) is 16.6 Å². The Balaban J connectivity index is 1.30. The number of hydrogen-bond acceptors (Lipinski definition) is 4. The van der Waals surface area contributed by atoms with Crippen molar-refractivity contribution in [2.45, 2.75) is 18.7 Å². The highest BCUT2D eigenvalue weighted by molar-refractivity contribution is 5.76. The summed E-state index contributed by atoms with van der Waals surface area (Å²) in [5.74, 6) is 1.05. The van der Waals surface area contributed by atoms with Crippen LogP contribution >= 0.6 is 0 Å². The molecule has 1 aliphatic heterocycles. The lowest BCUT2D eigenvalue weighted by molar-refractivity contribution is 0.0711. The van der Waals surface area contributed by atoms with Crippen molar-refractivity contribution in [2.75, 3.05) is 20.2 Å². The van der Waals surface area contributed by atoms with Gasteiger partial charge >= 0.3 is 6.03 Å². The van der Waals surface area contributed by atoms with Gasteiger partial charge < -0.3 is 24.3 Å². The molecule has 5 rings (SSSR count). The molecule has 2 unspecified atom stereocenters. The standard InChI is InChI=1S/C26H25FN4O3/c1-30(14-20-16-33-24-8-4-5-9-25(24)34-20)26(32)29-22(18-10-12-19(27)13-11-18)15-31-17-28-21-6-2-3-7-23(21)31/h2-13,17,20,22H,14-16H2,1H3,(H,29,32). The Morgan fingerprint density at radius 2 is 1.85 bits per heavy atom. The number of ether oxygens (including phenoxy) is 2. The zero-order valence-corrected chi connectivity index (χ0v) is 18.7. The summed E-state index contributed by atoms with van der Waals surface area (Å²) >= 11 is 0. The van der Waals surface area contributed by atoms with Crippen LogP contribution in [0.25, 0.3) is 11.0 Å². The molecule has 174 valence electrons. The van der Waals surface area contributed by atoms with Gasteiger partial charge in [-0.15, -0.1) is 0 Å². The number of benzene rings is 3. The Kier molecular flexibility index (Phi) is 6.03. The van der Waals surface area contributed by atoms with E-state index in [1.807, 2.05) is 53.1 Å². The number of fused-ring (bicyclic) bond motifs is 2. The van der Waals surface area contributed by atoms with Gasteiger partial charge in [0.1, 0.15) is 12.4 Å². The normalized spacial score (nSPS) is 15.6. The van der Waals surface area contributed by atoms with Crippen molar-refractivity contribution in [1.29, 1.82) is 0 Å². The first-order chi connectivity index (χ1) is 16.6. The van der Waals surface area contributed by atoms with E-state index in [-0.39, 0.29) is 18.0 Å². The number of rotatable bonds is 6. The highest BCUT2D eigenvalue weighted by Crippen LogP contribution is 2.31. The molecule has 0 saturated carbocycles. The number of hydrogen-bond donors (Lipinski definition) is 1. The second-order valence-electron chi connectivity index (χ2n) is 8.32. The number of imidazole rings is 1. The summed E-state index contributed by atoms with van der Waals surface area (Å²) < 4.78 is 27.3. The summed E-state index contributed by atoms with van der Waals surface area (Å²) in [4.78, 5) is 19.1. The van der Waals surface area contributed by atoms with Crippen LogP contribution in [0.4, 0.5) is 9.18 Å². The number of carbonyl (C=O) groups is 1. The molecule has 3 aromatic carbocycles. The average Bonchev–Trinajstić information content (AvgIpc) is 3.27. The third-order valence-electron chi connectivity index (χ3n) is 5.87. The van der Waals surface area contributed by atoms with Crippen LogP contribution in [0.2, 0.25) is 0 Å². The molecule has 1 N–H and O–H groups in total. The summed E-state index contributed by atoms with van der Waals surface area (Å²) in [6.45, 7) is 1.16. The van der Waals surface area contributed by atoms with E-state index < -0.39 is 6.04 Å². The number of aromatic nitrogens is 2. The number of carbonyl (C=O) groups excluding carboxylic acids is 1. The van der Waals surface area contributed by atoms with Gasteiger partial charge in [0, 0.05) is 13.6 Å². The van der Waals surface area contributed by atoms with Crippen LogP contribution in [0, 0.1) is 5.82 Å². The van der Waals surface area contributed by atoms with Crippen LogP contribution in [-0.2, 0) is 6.54 Å². The summed E-state index contributed by atoms with van der Waals surface area (Å²) in [7, 11) is 1.72. The largest absolute Gasteiger partial charge is 0.486 e. The maximum absolute atomic E-state index is 13.6. The number of urea groups is 1. The zero-order valence-electron chi connectivity index (χ0n) is 18.7. The van der Waals surface area contributed by atoms with Gasteiger partial charge in [0.05, 0.1) is 29.9 Å². The minimum absolute atomic E-state index is 0.263. The zero-order chi connectivity index (χ0) is 23.5. The fraction of sp³-hybridized carbons (Fsp3) is 0.231. The third-order valence-corrected chi connectivity index (χ3v) is 5.87. The molecule has 34 heavy (non-hydrogen) atoms. The Bertz CT molecular complexity index is 1290. The van der Waals surface area contributed by atoms with E-state index in [9.17, 15) is 9.18 Å². The second-order valence-corrected chi connectivity index (χ2v) is 8.32. The molecule has 7 nitrogen and oxygen atoms in total. The minimum Gasteiger partial charge on any atom is -0.486 e. The Hall–Kier alpha value is -4.07. The van der Waals surface area contributed by atoms with Gasteiger partial charge in [-0.3, -0.25) is 0 Å². The summed E-state index contributed by atoms with van der Waals surface area (Å²) in [6.07, 6.45) is 1.47. The van der Waals surface area contributed by atoms with E-state index in [2.05, 4.69) is 10.3 Å². The monoisotopic (exact) mass is 460 g/mol. The van der Waals surface area contributed by atoms with Crippen molar-refractivity contribution in [1.82, 2.24) is 19.8 Å². The lowest BCUT2D eigenvalue weighted by Gasteiger charge is -2.30. The number of likely N-dealkylation sites (N-methyl/N-ethyl adjacent to an activating group) is 1. The molecule has 1 aromatic heterocycles. The van der Waals surface area contributed by atoms with Crippen molar-refractivity contribution in [2.24, 2.45) is 0 Å². The highest BCUT2D eigenvalue weighted by atomic mass is 19.1. The van der Waals surface area contributed by atoms with Crippen molar-refractivity contribution in [3.05, 3.63) is 90.5 Å². The number of nitrogens with zero attached hydrogens (tertiary/aromatic N) is 3. The van der Waals surface area contributed by atoms with Gasteiger partial charge in [-0.2, -0.15) is 0 Å². The lowest BCUT2D eigenvalue weighted by atomic mass is 10.1. The molecule has 0 aliphatic carbocycles. The summed E-state index contributed by atoms with van der Waals surface area (Å²) in [5, 5.41) is 3.08. The van der Waals surface area contributed by atoms with E-state index in [0.29, 0.717) is 31.2 Å². The first-order valence-corrected chi connectivity index (χ1v) is 11.1. The maximum Gasteiger partial charge on any atom is 0.317 e. The van der Waals surface area contributed by atoms with Gasteiger partial charge in [0.15, 0.2) is 17.6 Å².